The number of halogens is 1. The molecule has 1 unspecified atom stereocenters. The van der Waals surface area contributed by atoms with Gasteiger partial charge in [-0.1, -0.05) is 24.3 Å². The lowest BCUT2D eigenvalue weighted by molar-refractivity contribution is 0.681. The second-order valence-corrected chi connectivity index (χ2v) is 6.83. The Morgan fingerprint density at radius 2 is 1.88 bits per heavy atom. The minimum atomic E-state index is -1.03. The van der Waals surface area contributed by atoms with Crippen molar-refractivity contribution >= 4 is 46.4 Å². The van der Waals surface area contributed by atoms with Crippen molar-refractivity contribution in [2.75, 3.05) is 19.3 Å². The molecule has 0 fully saturated rings. The van der Waals surface area contributed by atoms with Crippen LogP contribution < -0.4 is 10.6 Å². The van der Waals surface area contributed by atoms with Crippen molar-refractivity contribution < 1.29 is 4.21 Å². The summed E-state index contributed by atoms with van der Waals surface area (Å²) in [6.45, 7) is 1.05. The maximum Gasteiger partial charge on any atom is 0.191 e. The summed E-state index contributed by atoms with van der Waals surface area (Å²) in [5, 5.41) is 14.6. The molecule has 0 aliphatic heterocycles. The molecule has 138 valence electrons. The number of fused-ring (bicyclic) bond motifs is 1. The van der Waals surface area contributed by atoms with E-state index in [1.165, 1.54) is 0 Å². The first-order valence-electron chi connectivity index (χ1n) is 7.94. The third-order valence-electron chi connectivity index (χ3n) is 3.61. The fourth-order valence-electron chi connectivity index (χ4n) is 2.35. The second kappa shape index (κ2) is 10.2. The lowest BCUT2D eigenvalue weighted by Crippen LogP contribution is -2.39. The van der Waals surface area contributed by atoms with Gasteiger partial charge in [0.15, 0.2) is 17.4 Å². The van der Waals surface area contributed by atoms with Crippen LogP contribution in [0, 0.1) is 0 Å². The van der Waals surface area contributed by atoms with Gasteiger partial charge in [0.1, 0.15) is 0 Å². The summed E-state index contributed by atoms with van der Waals surface area (Å²) in [6.07, 6.45) is 1.92. The molecule has 0 saturated carbocycles. The highest BCUT2D eigenvalue weighted by atomic mass is 127. The minimum Gasteiger partial charge on any atom is -0.355 e. The zero-order valence-electron chi connectivity index (χ0n) is 14.3. The van der Waals surface area contributed by atoms with Crippen molar-refractivity contribution in [3.63, 3.8) is 0 Å². The minimum absolute atomic E-state index is 0. The van der Waals surface area contributed by atoms with Crippen LogP contribution in [0.3, 0.4) is 0 Å². The molecule has 0 spiro atoms. The summed E-state index contributed by atoms with van der Waals surface area (Å²) in [4.78, 5) is 5.01. The van der Waals surface area contributed by atoms with Crippen molar-refractivity contribution in [3.8, 4) is 0 Å². The van der Waals surface area contributed by atoms with Gasteiger partial charge >= 0.3 is 0 Å². The number of benzene rings is 1. The van der Waals surface area contributed by atoms with E-state index in [-0.39, 0.29) is 24.0 Å². The molecule has 1 atom stereocenters. The fourth-order valence-corrected chi connectivity index (χ4v) is 3.33. The number of hydrogen-bond donors (Lipinski definition) is 2. The van der Waals surface area contributed by atoms with Crippen LogP contribution in [0.1, 0.15) is 5.82 Å². The van der Waals surface area contributed by atoms with E-state index in [0.29, 0.717) is 24.8 Å². The molecule has 2 N–H and O–H groups in total. The van der Waals surface area contributed by atoms with E-state index in [1.807, 2.05) is 59.1 Å². The zero-order valence-corrected chi connectivity index (χ0v) is 17.5. The summed E-state index contributed by atoms with van der Waals surface area (Å²) in [5.74, 6) is 1.95. The van der Waals surface area contributed by atoms with Crippen LogP contribution in [0.15, 0.2) is 64.6 Å². The molecule has 7 nitrogen and oxygen atoms in total. The first kappa shape index (κ1) is 20.3. The van der Waals surface area contributed by atoms with Gasteiger partial charge in [-0.15, -0.1) is 34.2 Å². The van der Waals surface area contributed by atoms with Crippen LogP contribution in [0.4, 0.5) is 0 Å². The van der Waals surface area contributed by atoms with Crippen molar-refractivity contribution in [1.82, 2.24) is 25.2 Å². The first-order chi connectivity index (χ1) is 12.3. The van der Waals surface area contributed by atoms with E-state index in [1.54, 1.807) is 7.05 Å². The standard InChI is InChI=1S/C17H20N6OS.HI/c1-18-17(19-10-12-25(24)14-7-3-2-4-8-14)20-13-16-22-21-15-9-5-6-11-23(15)16;/h2-9,11H,10,12-13H2,1H3,(H2,18,19,20);1H. The maximum absolute atomic E-state index is 12.2. The van der Waals surface area contributed by atoms with Gasteiger partial charge in [-0.2, -0.15) is 0 Å². The molecule has 0 radical (unpaired) electrons. The Hall–Kier alpha value is -2.01. The number of nitrogens with zero attached hydrogens (tertiary/aromatic N) is 4. The summed E-state index contributed by atoms with van der Waals surface area (Å²) in [6, 6.07) is 15.2. The highest BCUT2D eigenvalue weighted by molar-refractivity contribution is 14.0. The summed E-state index contributed by atoms with van der Waals surface area (Å²) >= 11 is 0. The molecule has 26 heavy (non-hydrogen) atoms. The largest absolute Gasteiger partial charge is 0.355 e. The van der Waals surface area contributed by atoms with Crippen molar-refractivity contribution in [2.24, 2.45) is 4.99 Å². The molecule has 0 aliphatic rings. The Kier molecular flexibility index (Phi) is 7.98. The lowest BCUT2D eigenvalue weighted by Gasteiger charge is -2.11. The molecule has 3 aromatic rings. The summed E-state index contributed by atoms with van der Waals surface area (Å²) in [5.41, 5.74) is 0.806. The molecule has 9 heteroatoms. The molecule has 0 amide bonds. The van der Waals surface area contributed by atoms with E-state index in [4.69, 9.17) is 0 Å². The molecule has 2 aromatic heterocycles. The molecule has 3 rings (SSSR count). The van der Waals surface area contributed by atoms with Crippen molar-refractivity contribution in [3.05, 3.63) is 60.6 Å². The topological polar surface area (TPSA) is 83.7 Å². The SMILES string of the molecule is CN=C(NCCS(=O)c1ccccc1)NCc1nnc2ccccn12.I. The van der Waals surface area contributed by atoms with Gasteiger partial charge in [0.2, 0.25) is 0 Å². The number of hydrogen-bond acceptors (Lipinski definition) is 4. The van der Waals surface area contributed by atoms with E-state index < -0.39 is 10.8 Å². The molecule has 0 saturated heterocycles. The lowest BCUT2D eigenvalue weighted by atomic mass is 10.4. The Labute approximate surface area is 171 Å². The number of aliphatic imine (C=N–C) groups is 1. The molecular formula is C17H21IN6OS. The molecule has 2 heterocycles. The Morgan fingerprint density at radius 1 is 1.12 bits per heavy atom. The van der Waals surface area contributed by atoms with Crippen LogP contribution in [0.25, 0.3) is 5.65 Å². The van der Waals surface area contributed by atoms with Gasteiger partial charge in [0.05, 0.1) is 17.3 Å². The van der Waals surface area contributed by atoms with Crippen molar-refractivity contribution in [1.29, 1.82) is 0 Å². The quantitative estimate of drug-likeness (QED) is 0.317. The van der Waals surface area contributed by atoms with E-state index in [2.05, 4.69) is 25.8 Å². The molecule has 0 bridgehead atoms. The predicted molar refractivity (Wildman–Crippen MR) is 114 cm³/mol. The predicted octanol–water partition coefficient (Wildman–Crippen LogP) is 1.82. The van der Waals surface area contributed by atoms with Gasteiger partial charge in [-0.3, -0.25) is 13.6 Å². The van der Waals surface area contributed by atoms with Crippen molar-refractivity contribution in [2.45, 2.75) is 11.4 Å². The summed E-state index contributed by atoms with van der Waals surface area (Å²) in [7, 11) is 0.674. The smallest absolute Gasteiger partial charge is 0.191 e. The van der Waals surface area contributed by atoms with Gasteiger partial charge < -0.3 is 10.6 Å². The van der Waals surface area contributed by atoms with Gasteiger partial charge in [0, 0.05) is 30.4 Å². The second-order valence-electron chi connectivity index (χ2n) is 5.26. The van der Waals surface area contributed by atoms with E-state index >= 15 is 0 Å². The van der Waals surface area contributed by atoms with Crippen LogP contribution in [0.2, 0.25) is 0 Å². The number of rotatable bonds is 6. The Balaban J connectivity index is 0.00000243. The average Bonchev–Trinajstić information content (AvgIpc) is 3.08. The summed E-state index contributed by atoms with van der Waals surface area (Å²) < 4.78 is 14.1. The van der Waals surface area contributed by atoms with E-state index in [0.717, 1.165) is 16.4 Å². The van der Waals surface area contributed by atoms with Gasteiger partial charge in [0.25, 0.3) is 0 Å². The molecule has 0 aliphatic carbocycles. The Bertz CT molecular complexity index is 883. The zero-order chi connectivity index (χ0) is 17.5. The normalized spacial score (nSPS) is 12.4. The molecule has 1 aromatic carbocycles. The van der Waals surface area contributed by atoms with Gasteiger partial charge in [-0.05, 0) is 24.3 Å². The average molecular weight is 484 g/mol. The maximum atomic E-state index is 12.2. The molecular weight excluding hydrogens is 463 g/mol. The Morgan fingerprint density at radius 3 is 2.65 bits per heavy atom. The van der Waals surface area contributed by atoms with Crippen LogP contribution in [0.5, 0.6) is 0 Å². The van der Waals surface area contributed by atoms with Crippen LogP contribution in [-0.2, 0) is 17.3 Å². The van der Waals surface area contributed by atoms with Gasteiger partial charge in [-0.25, -0.2) is 0 Å². The number of nitrogens with one attached hydrogen (secondary N) is 2. The third-order valence-corrected chi connectivity index (χ3v) is 4.98. The van der Waals surface area contributed by atoms with E-state index in [9.17, 15) is 4.21 Å². The number of guanidine groups is 1. The number of aromatic nitrogens is 3. The fraction of sp³-hybridized carbons (Fsp3) is 0.235. The monoisotopic (exact) mass is 484 g/mol. The number of pyridine rings is 1. The highest BCUT2D eigenvalue weighted by Gasteiger charge is 2.07. The third kappa shape index (κ3) is 5.24. The highest BCUT2D eigenvalue weighted by Crippen LogP contribution is 2.05. The first-order valence-corrected chi connectivity index (χ1v) is 9.26. The van der Waals surface area contributed by atoms with Crippen LogP contribution >= 0.6 is 24.0 Å². The van der Waals surface area contributed by atoms with Crippen LogP contribution in [-0.4, -0.2) is 44.1 Å².